The fraction of sp³-hybridized carbons (Fsp3) is 0.467. The van der Waals surface area contributed by atoms with Gasteiger partial charge in [-0.2, -0.15) is 5.10 Å². The Hall–Kier alpha value is -2.28. The van der Waals surface area contributed by atoms with E-state index in [9.17, 15) is 0 Å². The van der Waals surface area contributed by atoms with E-state index in [0.29, 0.717) is 0 Å². The summed E-state index contributed by atoms with van der Waals surface area (Å²) in [6, 6.07) is 0. The molecule has 0 unspecified atom stereocenters. The molecule has 0 bridgehead atoms. The summed E-state index contributed by atoms with van der Waals surface area (Å²) in [6.45, 7) is 4.30. The molecule has 4 heterocycles. The molecule has 0 aromatic carbocycles. The predicted octanol–water partition coefficient (Wildman–Crippen LogP) is 1.50. The number of piperidine rings is 1. The molecule has 3 aromatic heterocycles. The number of fused-ring (bicyclic) bond motifs is 1. The average Bonchev–Trinajstić information content (AvgIpc) is 3.23. The third kappa shape index (κ3) is 2.48. The van der Waals surface area contributed by atoms with Crippen LogP contribution in [-0.2, 0) is 6.54 Å². The van der Waals surface area contributed by atoms with E-state index in [4.69, 9.17) is 0 Å². The second-order valence-electron chi connectivity index (χ2n) is 5.67. The fourth-order valence-electron chi connectivity index (χ4n) is 3.05. The molecular weight excluding hydrogens is 278 g/mol. The van der Waals surface area contributed by atoms with E-state index in [2.05, 4.69) is 25.0 Å². The monoisotopic (exact) mass is 297 g/mol. The van der Waals surface area contributed by atoms with Crippen LogP contribution in [0.5, 0.6) is 0 Å². The van der Waals surface area contributed by atoms with Gasteiger partial charge in [-0.05, 0) is 25.9 Å². The summed E-state index contributed by atoms with van der Waals surface area (Å²) in [4.78, 5) is 15.4. The molecule has 0 N–H and O–H groups in total. The van der Waals surface area contributed by atoms with Gasteiger partial charge in [0.15, 0.2) is 11.5 Å². The Labute approximate surface area is 128 Å². The van der Waals surface area contributed by atoms with Gasteiger partial charge < -0.3 is 4.90 Å². The number of hydrogen-bond acceptors (Lipinski definition) is 5. The second kappa shape index (κ2) is 5.84. The Morgan fingerprint density at radius 1 is 1.05 bits per heavy atom. The van der Waals surface area contributed by atoms with Crippen LogP contribution >= 0.6 is 0 Å². The lowest BCUT2D eigenvalue weighted by Gasteiger charge is -2.26. The van der Waals surface area contributed by atoms with Crippen molar-refractivity contribution in [3.63, 3.8) is 0 Å². The molecule has 0 radical (unpaired) electrons. The highest BCUT2D eigenvalue weighted by molar-refractivity contribution is 5.81. The van der Waals surface area contributed by atoms with Crippen LogP contribution in [0.3, 0.4) is 0 Å². The van der Waals surface area contributed by atoms with Gasteiger partial charge in [-0.25, -0.2) is 19.6 Å². The first-order chi connectivity index (χ1) is 10.9. The molecule has 1 aliphatic heterocycles. The summed E-state index contributed by atoms with van der Waals surface area (Å²) >= 11 is 0. The van der Waals surface area contributed by atoms with Crippen molar-refractivity contribution in [1.82, 2.24) is 34.2 Å². The number of hydrogen-bond donors (Lipinski definition) is 0. The Balaban J connectivity index is 1.59. The predicted molar refractivity (Wildman–Crippen MR) is 82.7 cm³/mol. The molecule has 4 rings (SSSR count). The van der Waals surface area contributed by atoms with E-state index < -0.39 is 0 Å². The van der Waals surface area contributed by atoms with Crippen molar-refractivity contribution in [3.05, 3.63) is 31.2 Å². The van der Waals surface area contributed by atoms with E-state index >= 15 is 0 Å². The molecule has 0 spiro atoms. The number of likely N-dealkylation sites (tertiary alicyclic amines) is 1. The average molecular weight is 297 g/mol. The summed E-state index contributed by atoms with van der Waals surface area (Å²) in [5.74, 6) is 0.826. The first kappa shape index (κ1) is 13.4. The Bertz CT molecular complexity index is 740. The minimum atomic E-state index is 0.826. The van der Waals surface area contributed by atoms with Crippen LogP contribution in [0.2, 0.25) is 0 Å². The molecule has 114 valence electrons. The van der Waals surface area contributed by atoms with Gasteiger partial charge in [0.25, 0.3) is 0 Å². The summed E-state index contributed by atoms with van der Waals surface area (Å²) in [5, 5.41) is 5.46. The van der Waals surface area contributed by atoms with Crippen LogP contribution in [0.25, 0.3) is 16.9 Å². The molecule has 1 fully saturated rings. The molecule has 1 aliphatic rings. The van der Waals surface area contributed by atoms with Crippen LogP contribution in [0.4, 0.5) is 0 Å². The van der Waals surface area contributed by atoms with E-state index in [1.165, 1.54) is 32.4 Å². The Kier molecular flexibility index (Phi) is 3.56. The molecule has 0 saturated carbocycles. The topological polar surface area (TPSA) is 64.7 Å². The largest absolute Gasteiger partial charge is 0.301 e. The van der Waals surface area contributed by atoms with Gasteiger partial charge >= 0.3 is 0 Å². The maximum Gasteiger partial charge on any atom is 0.163 e. The molecule has 1 saturated heterocycles. The smallest absolute Gasteiger partial charge is 0.163 e. The maximum absolute atomic E-state index is 4.50. The normalized spacial score (nSPS) is 16.4. The van der Waals surface area contributed by atoms with Crippen LogP contribution in [0, 0.1) is 0 Å². The minimum absolute atomic E-state index is 0.826. The van der Waals surface area contributed by atoms with Crippen molar-refractivity contribution in [2.45, 2.75) is 25.8 Å². The van der Waals surface area contributed by atoms with Crippen molar-refractivity contribution in [2.75, 3.05) is 19.6 Å². The first-order valence-corrected chi connectivity index (χ1v) is 7.79. The molecule has 0 aliphatic carbocycles. The zero-order chi connectivity index (χ0) is 14.8. The van der Waals surface area contributed by atoms with Crippen molar-refractivity contribution in [2.24, 2.45) is 0 Å². The molecular formula is C15H19N7. The summed E-state index contributed by atoms with van der Waals surface area (Å²) < 4.78 is 3.87. The lowest BCUT2D eigenvalue weighted by Crippen LogP contribution is -2.32. The van der Waals surface area contributed by atoms with E-state index in [1.54, 1.807) is 18.9 Å². The van der Waals surface area contributed by atoms with Gasteiger partial charge in [0.1, 0.15) is 12.7 Å². The third-order valence-electron chi connectivity index (χ3n) is 4.24. The Morgan fingerprint density at radius 2 is 1.95 bits per heavy atom. The highest BCUT2D eigenvalue weighted by atomic mass is 15.3. The zero-order valence-electron chi connectivity index (χ0n) is 12.5. The van der Waals surface area contributed by atoms with Crippen LogP contribution in [0.1, 0.15) is 19.3 Å². The van der Waals surface area contributed by atoms with Crippen LogP contribution < -0.4 is 0 Å². The zero-order valence-corrected chi connectivity index (χ0v) is 12.5. The SMILES string of the molecule is c1cn(-c2ncnc3c2cnn3CCN2CCCCC2)cn1. The van der Waals surface area contributed by atoms with Gasteiger partial charge in [0, 0.05) is 18.9 Å². The summed E-state index contributed by atoms with van der Waals surface area (Å²) in [7, 11) is 0. The van der Waals surface area contributed by atoms with Gasteiger partial charge in [-0.3, -0.25) is 4.57 Å². The van der Waals surface area contributed by atoms with Gasteiger partial charge in [0.2, 0.25) is 0 Å². The number of nitrogens with zero attached hydrogens (tertiary/aromatic N) is 7. The lowest BCUT2D eigenvalue weighted by atomic mass is 10.1. The molecule has 0 atom stereocenters. The number of aromatic nitrogens is 6. The Morgan fingerprint density at radius 3 is 2.77 bits per heavy atom. The summed E-state index contributed by atoms with van der Waals surface area (Å²) in [5.41, 5.74) is 0.885. The van der Waals surface area contributed by atoms with Crippen molar-refractivity contribution >= 4 is 11.0 Å². The fourth-order valence-corrected chi connectivity index (χ4v) is 3.05. The van der Waals surface area contributed by atoms with E-state index in [1.807, 2.05) is 21.6 Å². The highest BCUT2D eigenvalue weighted by Crippen LogP contribution is 2.18. The van der Waals surface area contributed by atoms with Crippen molar-refractivity contribution in [1.29, 1.82) is 0 Å². The second-order valence-corrected chi connectivity index (χ2v) is 5.67. The van der Waals surface area contributed by atoms with E-state index in [0.717, 1.165) is 29.9 Å². The first-order valence-electron chi connectivity index (χ1n) is 7.79. The molecule has 22 heavy (non-hydrogen) atoms. The quantitative estimate of drug-likeness (QED) is 0.730. The van der Waals surface area contributed by atoms with Gasteiger partial charge in [-0.15, -0.1) is 0 Å². The van der Waals surface area contributed by atoms with Crippen molar-refractivity contribution < 1.29 is 0 Å². The highest BCUT2D eigenvalue weighted by Gasteiger charge is 2.13. The van der Waals surface area contributed by atoms with Crippen LogP contribution in [0.15, 0.2) is 31.2 Å². The summed E-state index contributed by atoms with van der Waals surface area (Å²) in [6.07, 6.45) is 12.8. The van der Waals surface area contributed by atoms with Gasteiger partial charge in [-0.1, -0.05) is 6.42 Å². The third-order valence-corrected chi connectivity index (χ3v) is 4.24. The molecule has 7 heteroatoms. The molecule has 3 aromatic rings. The number of imidazole rings is 1. The van der Waals surface area contributed by atoms with Crippen molar-refractivity contribution in [3.8, 4) is 5.82 Å². The van der Waals surface area contributed by atoms with E-state index in [-0.39, 0.29) is 0 Å². The molecule has 7 nitrogen and oxygen atoms in total. The van der Waals surface area contributed by atoms with Gasteiger partial charge in [0.05, 0.1) is 18.1 Å². The molecule has 0 amide bonds. The minimum Gasteiger partial charge on any atom is -0.301 e. The maximum atomic E-state index is 4.50. The number of rotatable bonds is 4. The van der Waals surface area contributed by atoms with Crippen LogP contribution in [-0.4, -0.2) is 53.8 Å². The standard InChI is InChI=1S/C15H19N7/c1-2-5-20(6-3-1)8-9-22-15-13(10-19-22)14(17-11-18-15)21-7-4-16-12-21/h4,7,10-12H,1-3,5-6,8-9H2. The lowest BCUT2D eigenvalue weighted by molar-refractivity contribution is 0.219.